The Labute approximate surface area is 168 Å². The first-order chi connectivity index (χ1) is 13.6. The van der Waals surface area contributed by atoms with Crippen LogP contribution in [0.4, 0.5) is 5.82 Å². The molecule has 0 unspecified atom stereocenters. The number of carbonyl (C=O) groups is 1. The molecule has 1 N–H and O–H groups in total. The number of nitrogens with one attached hydrogen (secondary N) is 1. The van der Waals surface area contributed by atoms with Gasteiger partial charge in [0, 0.05) is 32.1 Å². The van der Waals surface area contributed by atoms with Crippen LogP contribution in [0.1, 0.15) is 37.3 Å². The quantitative estimate of drug-likeness (QED) is 0.843. The Kier molecular flexibility index (Phi) is 4.29. The topological polar surface area (TPSA) is 82.3 Å². The Morgan fingerprint density at radius 1 is 1.03 bits per heavy atom. The highest BCUT2D eigenvalue weighted by Gasteiger charge is 2.45. The van der Waals surface area contributed by atoms with Crippen LogP contribution in [0.5, 0.6) is 5.75 Å². The SMILES string of the molecule is COc1ccc([C@H]2c3c(n(C)c(=O)n(C)c3=O)NC3=CC(C)(C)CC(=O)[C@@H]32)cc1. The van der Waals surface area contributed by atoms with E-state index in [1.807, 2.05) is 38.1 Å². The number of aromatic nitrogens is 2. The molecule has 7 heteroatoms. The molecule has 1 aliphatic heterocycles. The van der Waals surface area contributed by atoms with E-state index in [4.69, 9.17) is 4.74 Å². The van der Waals surface area contributed by atoms with Gasteiger partial charge in [0.25, 0.3) is 5.56 Å². The number of nitrogens with zero attached hydrogens (tertiary/aromatic N) is 2. The van der Waals surface area contributed by atoms with Gasteiger partial charge in [0.1, 0.15) is 17.4 Å². The van der Waals surface area contributed by atoms with Gasteiger partial charge in [0.15, 0.2) is 0 Å². The summed E-state index contributed by atoms with van der Waals surface area (Å²) in [5.41, 5.74) is 0.950. The minimum atomic E-state index is -0.492. The molecular formula is C22H25N3O4. The van der Waals surface area contributed by atoms with Gasteiger partial charge in [-0.3, -0.25) is 18.7 Å². The van der Waals surface area contributed by atoms with Crippen molar-refractivity contribution in [2.45, 2.75) is 26.2 Å². The number of ether oxygens (including phenoxy) is 1. The summed E-state index contributed by atoms with van der Waals surface area (Å²) >= 11 is 0. The number of ketones is 1. The maximum Gasteiger partial charge on any atom is 0.332 e. The molecular weight excluding hydrogens is 370 g/mol. The minimum absolute atomic E-state index is 0.0855. The fraction of sp³-hybridized carbons (Fsp3) is 0.409. The van der Waals surface area contributed by atoms with Crippen LogP contribution in [0.25, 0.3) is 0 Å². The molecule has 2 atom stereocenters. The lowest BCUT2D eigenvalue weighted by atomic mass is 9.67. The van der Waals surface area contributed by atoms with Gasteiger partial charge in [-0.2, -0.15) is 0 Å². The molecule has 1 aromatic heterocycles. The van der Waals surface area contributed by atoms with Crippen LogP contribution in [0.3, 0.4) is 0 Å². The van der Waals surface area contributed by atoms with Crippen molar-refractivity contribution < 1.29 is 9.53 Å². The van der Waals surface area contributed by atoms with Gasteiger partial charge < -0.3 is 10.1 Å². The molecule has 0 saturated carbocycles. The molecule has 0 bridgehead atoms. The van der Waals surface area contributed by atoms with E-state index < -0.39 is 17.5 Å². The second-order valence-corrected chi connectivity index (χ2v) is 8.55. The van der Waals surface area contributed by atoms with Crippen LogP contribution < -0.4 is 21.3 Å². The van der Waals surface area contributed by atoms with Crippen molar-refractivity contribution in [1.29, 1.82) is 0 Å². The lowest BCUT2D eigenvalue weighted by Crippen LogP contribution is -2.47. The van der Waals surface area contributed by atoms with E-state index in [1.54, 1.807) is 14.2 Å². The normalized spacial score (nSPS) is 22.2. The summed E-state index contributed by atoms with van der Waals surface area (Å²) in [6.45, 7) is 4.02. The molecule has 0 spiro atoms. The Hall–Kier alpha value is -3.09. The predicted molar refractivity (Wildman–Crippen MR) is 110 cm³/mol. The van der Waals surface area contributed by atoms with E-state index in [0.717, 1.165) is 15.8 Å². The fourth-order valence-electron chi connectivity index (χ4n) is 4.55. The number of hydrogen-bond donors (Lipinski definition) is 1. The summed E-state index contributed by atoms with van der Waals surface area (Å²) in [5, 5.41) is 3.25. The average Bonchev–Trinajstić information content (AvgIpc) is 2.68. The van der Waals surface area contributed by atoms with Crippen LogP contribution >= 0.6 is 0 Å². The summed E-state index contributed by atoms with van der Waals surface area (Å²) in [7, 11) is 4.69. The van der Waals surface area contributed by atoms with E-state index in [-0.39, 0.29) is 16.8 Å². The van der Waals surface area contributed by atoms with Gasteiger partial charge in [0.2, 0.25) is 0 Å². The Morgan fingerprint density at radius 2 is 1.69 bits per heavy atom. The first kappa shape index (κ1) is 19.2. The van der Waals surface area contributed by atoms with Crippen molar-refractivity contribution in [3.8, 4) is 5.75 Å². The Bertz CT molecular complexity index is 1150. The molecule has 0 saturated heterocycles. The number of methoxy groups -OCH3 is 1. The van der Waals surface area contributed by atoms with Crippen LogP contribution in [0.15, 0.2) is 45.6 Å². The van der Waals surface area contributed by atoms with Crippen molar-refractivity contribution in [2.75, 3.05) is 12.4 Å². The third-order valence-electron chi connectivity index (χ3n) is 5.94. The second-order valence-electron chi connectivity index (χ2n) is 8.55. The summed E-state index contributed by atoms with van der Waals surface area (Å²) in [6.07, 6.45) is 2.46. The molecule has 0 radical (unpaired) electrons. The standard InChI is InChI=1S/C22H25N3O4/c1-22(2)10-14-17(15(26)11-22)16(12-6-8-13(29-5)9-7-12)18-19(23-14)24(3)21(28)25(4)20(18)27/h6-10,16-17,23H,11H2,1-5H3/t16-,17-/m1/s1. The van der Waals surface area contributed by atoms with Crippen LogP contribution in [-0.2, 0) is 18.9 Å². The van der Waals surface area contributed by atoms with Crippen molar-refractivity contribution in [1.82, 2.24) is 9.13 Å². The van der Waals surface area contributed by atoms with E-state index in [9.17, 15) is 14.4 Å². The lowest BCUT2D eigenvalue weighted by molar-refractivity contribution is -0.124. The number of carbonyl (C=O) groups excluding carboxylic acids is 1. The molecule has 152 valence electrons. The molecule has 1 aromatic carbocycles. The van der Waals surface area contributed by atoms with Gasteiger partial charge in [-0.25, -0.2) is 4.79 Å². The molecule has 2 aromatic rings. The molecule has 2 heterocycles. The minimum Gasteiger partial charge on any atom is -0.497 e. The van der Waals surface area contributed by atoms with Gasteiger partial charge in [0.05, 0.1) is 18.6 Å². The van der Waals surface area contributed by atoms with Gasteiger partial charge in [-0.1, -0.05) is 32.1 Å². The number of Topliss-reactive ketones (excluding diaryl/α,β-unsaturated/α-hetero) is 1. The Morgan fingerprint density at radius 3 is 2.31 bits per heavy atom. The van der Waals surface area contributed by atoms with Gasteiger partial charge in [-0.05, 0) is 23.1 Å². The molecule has 7 nitrogen and oxygen atoms in total. The zero-order chi connectivity index (χ0) is 21.1. The lowest BCUT2D eigenvalue weighted by Gasteiger charge is -2.41. The van der Waals surface area contributed by atoms with Crippen molar-refractivity contribution in [3.63, 3.8) is 0 Å². The fourth-order valence-corrected chi connectivity index (χ4v) is 4.55. The van der Waals surface area contributed by atoms with Crippen molar-refractivity contribution >= 4 is 11.6 Å². The van der Waals surface area contributed by atoms with E-state index in [0.29, 0.717) is 23.6 Å². The average molecular weight is 395 g/mol. The highest BCUT2D eigenvalue weighted by Crippen LogP contribution is 2.48. The largest absolute Gasteiger partial charge is 0.497 e. The number of anilines is 1. The second kappa shape index (κ2) is 6.47. The van der Waals surface area contributed by atoms with E-state index >= 15 is 0 Å². The van der Waals surface area contributed by atoms with Crippen LogP contribution in [0, 0.1) is 11.3 Å². The van der Waals surface area contributed by atoms with E-state index in [2.05, 4.69) is 11.4 Å². The molecule has 0 fully saturated rings. The molecule has 1 aliphatic carbocycles. The Balaban J connectivity index is 2.04. The van der Waals surface area contributed by atoms with E-state index in [1.165, 1.54) is 11.6 Å². The van der Waals surface area contributed by atoms with Crippen LogP contribution in [0.2, 0.25) is 0 Å². The highest BCUT2D eigenvalue weighted by molar-refractivity contribution is 5.90. The zero-order valence-electron chi connectivity index (χ0n) is 17.3. The third kappa shape index (κ3) is 2.92. The summed E-state index contributed by atoms with van der Waals surface area (Å²) < 4.78 is 7.80. The maximum absolute atomic E-state index is 13.2. The maximum atomic E-state index is 13.2. The monoisotopic (exact) mass is 395 g/mol. The van der Waals surface area contributed by atoms with Crippen molar-refractivity contribution in [2.24, 2.45) is 25.4 Å². The first-order valence-corrected chi connectivity index (χ1v) is 9.61. The summed E-state index contributed by atoms with van der Waals surface area (Å²) in [4.78, 5) is 38.9. The predicted octanol–water partition coefficient (Wildman–Crippen LogP) is 2.15. The number of allylic oxidation sites excluding steroid dienone is 2. The number of rotatable bonds is 2. The summed E-state index contributed by atoms with van der Waals surface area (Å²) in [6, 6.07) is 7.41. The zero-order valence-corrected chi connectivity index (χ0v) is 17.3. The molecule has 2 aliphatic rings. The summed E-state index contributed by atoms with van der Waals surface area (Å²) in [5.74, 6) is 0.268. The number of benzene rings is 1. The third-order valence-corrected chi connectivity index (χ3v) is 5.94. The number of hydrogen-bond acceptors (Lipinski definition) is 5. The molecule has 29 heavy (non-hydrogen) atoms. The first-order valence-electron chi connectivity index (χ1n) is 9.61. The van der Waals surface area contributed by atoms with Crippen LogP contribution in [-0.4, -0.2) is 22.0 Å². The smallest absolute Gasteiger partial charge is 0.332 e. The van der Waals surface area contributed by atoms with Gasteiger partial charge >= 0.3 is 5.69 Å². The van der Waals surface area contributed by atoms with Crippen molar-refractivity contribution in [3.05, 3.63) is 68.0 Å². The molecule has 4 rings (SSSR count). The highest BCUT2D eigenvalue weighted by atomic mass is 16.5. The molecule has 0 amide bonds. The van der Waals surface area contributed by atoms with Gasteiger partial charge in [-0.15, -0.1) is 0 Å². The number of fused-ring (bicyclic) bond motifs is 2.